The summed E-state index contributed by atoms with van der Waals surface area (Å²) in [6, 6.07) is 2.10. The van der Waals surface area contributed by atoms with Gasteiger partial charge in [0.25, 0.3) is 0 Å². The number of thioether (sulfide) groups is 1. The summed E-state index contributed by atoms with van der Waals surface area (Å²) in [7, 11) is 1.63. The van der Waals surface area contributed by atoms with Crippen LogP contribution in [0.3, 0.4) is 0 Å². The van der Waals surface area contributed by atoms with Gasteiger partial charge in [0.2, 0.25) is 5.91 Å². The lowest BCUT2D eigenvalue weighted by molar-refractivity contribution is -0.119. The zero-order chi connectivity index (χ0) is 14.3. The highest BCUT2D eigenvalue weighted by Gasteiger charge is 2.10. The third kappa shape index (κ3) is 5.88. The zero-order valence-corrected chi connectivity index (χ0v) is 14.0. The predicted octanol–water partition coefficient (Wildman–Crippen LogP) is 3.45. The molecule has 104 valence electrons. The van der Waals surface area contributed by atoms with Gasteiger partial charge in [-0.2, -0.15) is 0 Å². The Balaban J connectivity index is 2.43. The molecule has 0 aromatic carbocycles. The minimum atomic E-state index is -0.131. The van der Waals surface area contributed by atoms with Gasteiger partial charge in [0, 0.05) is 18.3 Å². The van der Waals surface area contributed by atoms with Crippen LogP contribution in [0.15, 0.2) is 14.8 Å². The number of carbonyl (C=O) groups excluding carboxylic acids is 1. The number of carbonyl (C=O) groups is 1. The molecule has 2 N–H and O–H groups in total. The maximum absolute atomic E-state index is 11.7. The average molecular weight is 362 g/mol. The van der Waals surface area contributed by atoms with Crippen molar-refractivity contribution in [3.05, 3.63) is 20.3 Å². The van der Waals surface area contributed by atoms with Crippen LogP contribution in [0.4, 0.5) is 0 Å². The highest BCUT2D eigenvalue weighted by Crippen LogP contribution is 2.28. The first-order valence-corrected chi connectivity index (χ1v) is 8.28. The molecule has 1 heterocycles. The molecular weight excluding hydrogens is 346 g/mol. The van der Waals surface area contributed by atoms with Crippen LogP contribution in [0.2, 0.25) is 0 Å². The fourth-order valence-electron chi connectivity index (χ4n) is 1.49. The smallest absolute Gasteiger partial charge is 0.226 e. The van der Waals surface area contributed by atoms with Gasteiger partial charge in [-0.15, -0.1) is 11.3 Å². The van der Waals surface area contributed by atoms with Gasteiger partial charge in [0.15, 0.2) is 5.17 Å². The van der Waals surface area contributed by atoms with Crippen molar-refractivity contribution in [2.45, 2.75) is 26.2 Å². The van der Waals surface area contributed by atoms with Crippen molar-refractivity contribution in [3.8, 4) is 0 Å². The zero-order valence-electron chi connectivity index (χ0n) is 10.8. The molecule has 0 atom stereocenters. The van der Waals surface area contributed by atoms with Crippen LogP contribution < -0.4 is 5.32 Å². The molecule has 0 aliphatic carbocycles. The van der Waals surface area contributed by atoms with Crippen LogP contribution in [-0.2, 0) is 17.6 Å². The number of aryl methyl sites for hydroxylation is 2. The lowest BCUT2D eigenvalue weighted by Crippen LogP contribution is -2.27. The molecule has 0 aliphatic heterocycles. The number of amidine groups is 1. The highest BCUT2D eigenvalue weighted by atomic mass is 79.9. The summed E-state index contributed by atoms with van der Waals surface area (Å²) in [5, 5.41) is 10.2. The van der Waals surface area contributed by atoms with Gasteiger partial charge in [-0.1, -0.05) is 6.92 Å². The Kier molecular flexibility index (Phi) is 7.33. The third-order valence-corrected chi connectivity index (χ3v) is 4.75. The van der Waals surface area contributed by atoms with Gasteiger partial charge in [0.1, 0.15) is 0 Å². The van der Waals surface area contributed by atoms with Gasteiger partial charge in [-0.25, -0.2) is 0 Å². The van der Waals surface area contributed by atoms with Crippen LogP contribution >= 0.6 is 39.0 Å². The quantitative estimate of drug-likeness (QED) is 0.622. The molecule has 1 aromatic rings. The van der Waals surface area contributed by atoms with Gasteiger partial charge < -0.3 is 5.32 Å². The number of aliphatic imine (C=N–C) groups is 1. The summed E-state index contributed by atoms with van der Waals surface area (Å²) in [6.07, 6.45) is 2.08. The lowest BCUT2D eigenvalue weighted by Gasteiger charge is -2.04. The fraction of sp³-hybridized carbons (Fsp3) is 0.417. The summed E-state index contributed by atoms with van der Waals surface area (Å²) < 4.78 is 1.10. The molecule has 19 heavy (non-hydrogen) atoms. The fourth-order valence-corrected chi connectivity index (χ4v) is 3.71. The second kappa shape index (κ2) is 8.50. The second-order valence-corrected chi connectivity index (χ2v) is 7.08. The number of hydrogen-bond donors (Lipinski definition) is 2. The van der Waals surface area contributed by atoms with Crippen molar-refractivity contribution >= 4 is 55.7 Å². The Hall–Kier alpha value is -0.660. The molecule has 0 saturated carbocycles. The Morgan fingerprint density at radius 1 is 1.68 bits per heavy atom. The molecule has 0 spiro atoms. The molecule has 0 aliphatic rings. The van der Waals surface area contributed by atoms with Crippen molar-refractivity contribution in [1.82, 2.24) is 5.32 Å². The second-order valence-electron chi connectivity index (χ2n) is 3.71. The summed E-state index contributed by atoms with van der Waals surface area (Å²) in [5.41, 5.74) is 2.81. The van der Waals surface area contributed by atoms with E-state index in [0.717, 1.165) is 22.0 Å². The standard InChI is InChI=1S/C12H16BrN3OS2/c1-3-8-6-10(13)19-9(8)4-5-11(17)16-12(14)18-7-15-2/h6-7H,3-5H2,1-2H3,(H2,14,16,17)/b15-7-. The molecule has 4 nitrogen and oxygen atoms in total. The van der Waals surface area contributed by atoms with E-state index in [-0.39, 0.29) is 11.1 Å². The van der Waals surface area contributed by atoms with Crippen LogP contribution in [0.25, 0.3) is 0 Å². The molecule has 0 radical (unpaired) electrons. The number of nitrogens with one attached hydrogen (secondary N) is 2. The topological polar surface area (TPSA) is 65.3 Å². The molecule has 0 unspecified atom stereocenters. The number of rotatable bonds is 5. The van der Waals surface area contributed by atoms with Gasteiger partial charge >= 0.3 is 0 Å². The molecule has 1 amide bonds. The minimum Gasteiger partial charge on any atom is -0.305 e. The van der Waals surface area contributed by atoms with E-state index >= 15 is 0 Å². The Morgan fingerprint density at radius 3 is 3.05 bits per heavy atom. The molecule has 0 bridgehead atoms. The molecule has 7 heteroatoms. The van der Waals surface area contributed by atoms with E-state index in [1.807, 2.05) is 0 Å². The summed E-state index contributed by atoms with van der Waals surface area (Å²) in [5.74, 6) is -0.131. The molecule has 1 aromatic heterocycles. The van der Waals surface area contributed by atoms with Crippen molar-refractivity contribution in [2.75, 3.05) is 7.05 Å². The molecular formula is C12H16BrN3OS2. The highest BCUT2D eigenvalue weighted by molar-refractivity contribution is 9.11. The maximum Gasteiger partial charge on any atom is 0.226 e. The monoisotopic (exact) mass is 361 g/mol. The first-order chi connectivity index (χ1) is 9.06. The Labute approximate surface area is 129 Å². The minimum absolute atomic E-state index is 0.110. The SMILES string of the molecule is CCc1cc(Br)sc1CCC(=O)NC(=N)S/C=N\C. The maximum atomic E-state index is 11.7. The van der Waals surface area contributed by atoms with E-state index in [1.165, 1.54) is 16.0 Å². The number of amides is 1. The van der Waals surface area contributed by atoms with Crippen LogP contribution in [-0.4, -0.2) is 23.7 Å². The number of halogens is 1. The van der Waals surface area contributed by atoms with Gasteiger partial charge in [0.05, 0.1) is 9.33 Å². The average Bonchev–Trinajstić information content (AvgIpc) is 2.74. The molecule has 1 rings (SSSR count). The first kappa shape index (κ1) is 16.4. The lowest BCUT2D eigenvalue weighted by atomic mass is 10.1. The molecule has 0 saturated heterocycles. The summed E-state index contributed by atoms with van der Waals surface area (Å²) in [4.78, 5) is 16.7. The van der Waals surface area contributed by atoms with E-state index < -0.39 is 0 Å². The third-order valence-electron chi connectivity index (χ3n) is 2.36. The number of nitrogens with zero attached hydrogens (tertiary/aromatic N) is 1. The number of thiophene rings is 1. The Morgan fingerprint density at radius 2 is 2.42 bits per heavy atom. The van der Waals surface area contributed by atoms with Crippen molar-refractivity contribution < 1.29 is 4.79 Å². The van der Waals surface area contributed by atoms with Crippen molar-refractivity contribution in [2.24, 2.45) is 4.99 Å². The largest absolute Gasteiger partial charge is 0.305 e. The van der Waals surface area contributed by atoms with E-state index in [4.69, 9.17) is 5.41 Å². The van der Waals surface area contributed by atoms with Crippen LogP contribution in [0, 0.1) is 5.41 Å². The normalized spacial score (nSPS) is 10.9. The van der Waals surface area contributed by atoms with Gasteiger partial charge in [-0.3, -0.25) is 15.2 Å². The summed E-state index contributed by atoms with van der Waals surface area (Å²) in [6.45, 7) is 2.11. The Bertz CT molecular complexity index is 485. The van der Waals surface area contributed by atoms with Crippen LogP contribution in [0.5, 0.6) is 0 Å². The first-order valence-electron chi connectivity index (χ1n) is 5.79. The van der Waals surface area contributed by atoms with E-state index in [0.29, 0.717) is 12.8 Å². The summed E-state index contributed by atoms with van der Waals surface area (Å²) >= 11 is 6.23. The van der Waals surface area contributed by atoms with Crippen molar-refractivity contribution in [3.63, 3.8) is 0 Å². The van der Waals surface area contributed by atoms with E-state index in [2.05, 4.69) is 39.2 Å². The molecule has 0 fully saturated rings. The predicted molar refractivity (Wildman–Crippen MR) is 87.6 cm³/mol. The van der Waals surface area contributed by atoms with E-state index in [1.54, 1.807) is 18.4 Å². The van der Waals surface area contributed by atoms with Crippen molar-refractivity contribution in [1.29, 1.82) is 5.41 Å². The number of hydrogen-bond acceptors (Lipinski definition) is 5. The van der Waals surface area contributed by atoms with Gasteiger partial charge in [-0.05, 0) is 52.2 Å². The van der Waals surface area contributed by atoms with E-state index in [9.17, 15) is 4.79 Å². The van der Waals surface area contributed by atoms with Crippen LogP contribution in [0.1, 0.15) is 23.8 Å².